The van der Waals surface area contributed by atoms with Crippen LogP contribution in [0.5, 0.6) is 0 Å². The Labute approximate surface area is 165 Å². The Kier molecular flexibility index (Phi) is 4.86. The molecule has 2 amide bonds. The topological polar surface area (TPSA) is 105 Å². The molecule has 1 saturated heterocycles. The maximum Gasteiger partial charge on any atom is 0.276 e. The minimum atomic E-state index is -3.09. The second-order valence-electron chi connectivity index (χ2n) is 6.60. The lowest BCUT2D eigenvalue weighted by molar-refractivity contribution is 0.0942. The maximum atomic E-state index is 12.7. The number of carbonyl (C=O) groups excluding carboxylic acids is 2. The second-order valence-corrected chi connectivity index (χ2v) is 9.63. The number of nitrogens with one attached hydrogen (secondary N) is 2. The van der Waals surface area contributed by atoms with Gasteiger partial charge in [0, 0.05) is 11.4 Å². The Bertz CT molecular complexity index is 1170. The van der Waals surface area contributed by atoms with Gasteiger partial charge >= 0.3 is 0 Å². The fourth-order valence-corrected chi connectivity index (χ4v) is 5.64. The summed E-state index contributed by atoms with van der Waals surface area (Å²) in [4.78, 5) is 25.4. The molecule has 1 unspecified atom stereocenters. The van der Waals surface area contributed by atoms with Crippen LogP contribution in [-0.4, -0.2) is 42.2 Å². The van der Waals surface area contributed by atoms with E-state index in [1.54, 1.807) is 24.3 Å². The molecule has 2 N–H and O–H groups in total. The summed E-state index contributed by atoms with van der Waals surface area (Å²) in [6.45, 7) is 0. The van der Waals surface area contributed by atoms with Crippen LogP contribution in [0, 0.1) is 0 Å². The Hall–Kier alpha value is -2.78. The van der Waals surface area contributed by atoms with Crippen LogP contribution in [0.3, 0.4) is 0 Å². The van der Waals surface area contributed by atoms with Gasteiger partial charge in [-0.15, -0.1) is 0 Å². The smallest absolute Gasteiger partial charge is 0.276 e. The number of para-hydroxylation sites is 1. The van der Waals surface area contributed by atoms with E-state index >= 15 is 0 Å². The normalized spacial score (nSPS) is 18.1. The van der Waals surface area contributed by atoms with Crippen LogP contribution < -0.4 is 10.6 Å². The average Bonchev–Trinajstić information content (AvgIpc) is 3.25. The summed E-state index contributed by atoms with van der Waals surface area (Å²) in [5.41, 5.74) is 0.931. The predicted molar refractivity (Wildman–Crippen MR) is 109 cm³/mol. The first-order valence-corrected chi connectivity index (χ1v) is 11.3. The summed E-state index contributed by atoms with van der Waals surface area (Å²) in [7, 11) is -3.09. The van der Waals surface area contributed by atoms with Crippen LogP contribution in [0.15, 0.2) is 48.5 Å². The Morgan fingerprint density at radius 2 is 1.79 bits per heavy atom. The van der Waals surface area contributed by atoms with Crippen molar-refractivity contribution in [3.8, 4) is 0 Å². The largest absolute Gasteiger partial charge is 0.348 e. The molecule has 2 heterocycles. The number of hydrogen-bond acceptors (Lipinski definition) is 6. The third kappa shape index (κ3) is 3.76. The number of nitrogens with zero attached hydrogens (tertiary/aromatic N) is 1. The number of benzene rings is 2. The highest BCUT2D eigenvalue weighted by Gasteiger charge is 2.29. The SMILES string of the molecule is O=C(NC1CCS(=O)(=O)C1)c1ccccc1NC(=O)c1nsc2ccccc12. The number of rotatable bonds is 4. The molecule has 1 aliphatic heterocycles. The highest BCUT2D eigenvalue weighted by atomic mass is 32.2. The molecule has 1 aromatic heterocycles. The summed E-state index contributed by atoms with van der Waals surface area (Å²) in [6, 6.07) is 13.6. The van der Waals surface area contributed by atoms with E-state index in [1.165, 1.54) is 11.5 Å². The van der Waals surface area contributed by atoms with Crippen molar-refractivity contribution in [3.63, 3.8) is 0 Å². The van der Waals surface area contributed by atoms with Crippen molar-refractivity contribution in [3.05, 3.63) is 59.8 Å². The van der Waals surface area contributed by atoms with Gasteiger partial charge in [-0.25, -0.2) is 8.42 Å². The third-order valence-corrected chi connectivity index (χ3v) is 7.17. The molecular formula is C19H17N3O4S2. The van der Waals surface area contributed by atoms with Crippen molar-refractivity contribution in [2.24, 2.45) is 0 Å². The Balaban J connectivity index is 1.54. The molecule has 0 bridgehead atoms. The minimum Gasteiger partial charge on any atom is -0.348 e. The van der Waals surface area contributed by atoms with Crippen molar-refractivity contribution in [1.29, 1.82) is 0 Å². The van der Waals surface area contributed by atoms with E-state index in [0.29, 0.717) is 17.8 Å². The van der Waals surface area contributed by atoms with Gasteiger partial charge in [0.15, 0.2) is 9.84 Å². The molecule has 4 rings (SSSR count). The van der Waals surface area contributed by atoms with Gasteiger partial charge in [-0.2, -0.15) is 4.37 Å². The summed E-state index contributed by atoms with van der Waals surface area (Å²) in [6.07, 6.45) is 0.396. The lowest BCUT2D eigenvalue weighted by Crippen LogP contribution is -2.36. The lowest BCUT2D eigenvalue weighted by Gasteiger charge is -2.14. The zero-order valence-electron chi connectivity index (χ0n) is 14.7. The lowest BCUT2D eigenvalue weighted by atomic mass is 10.1. The molecule has 0 radical (unpaired) electrons. The van der Waals surface area contributed by atoms with E-state index in [4.69, 9.17) is 0 Å². The number of hydrogen-bond donors (Lipinski definition) is 2. The van der Waals surface area contributed by atoms with E-state index in [2.05, 4.69) is 15.0 Å². The van der Waals surface area contributed by atoms with E-state index in [-0.39, 0.29) is 17.1 Å². The van der Waals surface area contributed by atoms with Crippen LogP contribution in [0.4, 0.5) is 5.69 Å². The summed E-state index contributed by atoms with van der Waals surface area (Å²) < 4.78 is 28.3. The first-order valence-electron chi connectivity index (χ1n) is 8.69. The van der Waals surface area contributed by atoms with Crippen molar-refractivity contribution < 1.29 is 18.0 Å². The van der Waals surface area contributed by atoms with Crippen LogP contribution in [0.2, 0.25) is 0 Å². The number of carbonyl (C=O) groups is 2. The highest BCUT2D eigenvalue weighted by molar-refractivity contribution is 7.91. The molecule has 2 aromatic carbocycles. The predicted octanol–water partition coefficient (Wildman–Crippen LogP) is 2.47. The molecule has 3 aromatic rings. The third-order valence-electron chi connectivity index (χ3n) is 4.58. The molecular weight excluding hydrogens is 398 g/mol. The van der Waals surface area contributed by atoms with Gasteiger partial charge in [0.25, 0.3) is 11.8 Å². The number of aromatic nitrogens is 1. The maximum absolute atomic E-state index is 12.7. The van der Waals surface area contributed by atoms with Gasteiger partial charge in [-0.1, -0.05) is 30.3 Å². The highest BCUT2D eigenvalue weighted by Crippen LogP contribution is 2.24. The van der Waals surface area contributed by atoms with Crippen LogP contribution in [0.25, 0.3) is 10.1 Å². The van der Waals surface area contributed by atoms with Gasteiger partial charge < -0.3 is 10.6 Å². The molecule has 1 atom stereocenters. The van der Waals surface area contributed by atoms with Gasteiger partial charge in [0.2, 0.25) is 0 Å². The molecule has 1 fully saturated rings. The number of sulfone groups is 1. The number of anilines is 1. The Morgan fingerprint density at radius 3 is 2.57 bits per heavy atom. The monoisotopic (exact) mass is 415 g/mol. The van der Waals surface area contributed by atoms with Gasteiger partial charge in [-0.3, -0.25) is 9.59 Å². The molecule has 0 saturated carbocycles. The van der Waals surface area contributed by atoms with E-state index in [1.807, 2.05) is 24.3 Å². The van der Waals surface area contributed by atoms with E-state index in [9.17, 15) is 18.0 Å². The fraction of sp³-hybridized carbons (Fsp3) is 0.211. The minimum absolute atomic E-state index is 0.0575. The Morgan fingerprint density at radius 1 is 1.04 bits per heavy atom. The zero-order valence-corrected chi connectivity index (χ0v) is 16.3. The summed E-state index contributed by atoms with van der Waals surface area (Å²) >= 11 is 1.24. The van der Waals surface area contributed by atoms with E-state index < -0.39 is 27.7 Å². The first-order chi connectivity index (χ1) is 13.4. The molecule has 144 valence electrons. The standard InChI is InChI=1S/C19H17N3O4S2/c23-18(20-12-9-10-28(25,26)11-12)13-5-1-3-7-15(13)21-19(24)17-14-6-2-4-8-16(14)27-22-17/h1-8,12H,9-11H2,(H,20,23)(H,21,24). The molecule has 1 aliphatic rings. The average molecular weight is 415 g/mol. The summed E-state index contributed by atoms with van der Waals surface area (Å²) in [5, 5.41) is 6.25. The molecule has 0 aliphatic carbocycles. The molecule has 9 heteroatoms. The van der Waals surface area contributed by atoms with Gasteiger partial charge in [-0.05, 0) is 36.2 Å². The van der Waals surface area contributed by atoms with Gasteiger partial charge in [0.05, 0.1) is 27.5 Å². The summed E-state index contributed by atoms with van der Waals surface area (Å²) in [5.74, 6) is -0.798. The molecule has 0 spiro atoms. The fourth-order valence-electron chi connectivity index (χ4n) is 3.19. The number of fused-ring (bicyclic) bond motifs is 1. The first kappa shape index (κ1) is 18.6. The van der Waals surface area contributed by atoms with Crippen molar-refractivity contribution in [2.75, 3.05) is 16.8 Å². The van der Waals surface area contributed by atoms with E-state index in [0.717, 1.165) is 10.1 Å². The molecule has 7 nitrogen and oxygen atoms in total. The quantitative estimate of drug-likeness (QED) is 0.681. The van der Waals surface area contributed by atoms with Gasteiger partial charge in [0.1, 0.15) is 5.69 Å². The van der Waals surface area contributed by atoms with Crippen LogP contribution in [-0.2, 0) is 9.84 Å². The van der Waals surface area contributed by atoms with Crippen LogP contribution >= 0.6 is 11.5 Å². The van der Waals surface area contributed by atoms with Crippen molar-refractivity contribution >= 4 is 49.0 Å². The molecule has 28 heavy (non-hydrogen) atoms. The van der Waals surface area contributed by atoms with Crippen molar-refractivity contribution in [2.45, 2.75) is 12.5 Å². The van der Waals surface area contributed by atoms with Crippen LogP contribution in [0.1, 0.15) is 27.3 Å². The second kappa shape index (κ2) is 7.33. The van der Waals surface area contributed by atoms with Crippen molar-refractivity contribution in [1.82, 2.24) is 9.69 Å². The number of amides is 2. The zero-order chi connectivity index (χ0) is 19.7.